The number of likely N-dealkylation sites (tertiary alicyclic amines) is 1. The predicted molar refractivity (Wildman–Crippen MR) is 56.2 cm³/mol. The van der Waals surface area contributed by atoms with Crippen LogP contribution in [-0.4, -0.2) is 35.1 Å². The molecule has 1 saturated heterocycles. The van der Waals surface area contributed by atoms with E-state index in [0.717, 1.165) is 19.5 Å². The van der Waals surface area contributed by atoms with Crippen LogP contribution in [-0.2, 0) is 4.79 Å². The fraction of sp³-hybridized carbons (Fsp3) is 0.909. The molecule has 3 nitrogen and oxygen atoms in total. The van der Waals surface area contributed by atoms with Gasteiger partial charge < -0.3 is 5.11 Å². The predicted octanol–water partition coefficient (Wildman–Crippen LogP) is 1.83. The smallest absolute Gasteiger partial charge is 0.321 e. The van der Waals surface area contributed by atoms with Crippen molar-refractivity contribution in [3.8, 4) is 0 Å². The average Bonchev–Trinajstić information content (AvgIpc) is 2.02. The van der Waals surface area contributed by atoms with Crippen LogP contribution in [0.5, 0.6) is 0 Å². The van der Waals surface area contributed by atoms with Crippen LogP contribution in [0.3, 0.4) is 0 Å². The Morgan fingerprint density at radius 3 is 2.57 bits per heavy atom. The molecule has 1 heterocycles. The van der Waals surface area contributed by atoms with Gasteiger partial charge in [0, 0.05) is 6.54 Å². The lowest BCUT2D eigenvalue weighted by Gasteiger charge is -2.36. The Bertz CT molecular complexity index is 203. The lowest BCUT2D eigenvalue weighted by Crippen LogP contribution is -2.48. The second-order valence-corrected chi connectivity index (χ2v) is 4.77. The van der Waals surface area contributed by atoms with Crippen molar-refractivity contribution in [3.63, 3.8) is 0 Å². The Kier molecular flexibility index (Phi) is 3.93. The maximum atomic E-state index is 11.1. The average molecular weight is 199 g/mol. The molecule has 0 aromatic rings. The molecule has 82 valence electrons. The maximum Gasteiger partial charge on any atom is 0.321 e. The Labute approximate surface area is 86.1 Å². The van der Waals surface area contributed by atoms with E-state index in [1.165, 1.54) is 6.42 Å². The number of carboxylic acids is 1. The van der Waals surface area contributed by atoms with Crippen molar-refractivity contribution in [3.05, 3.63) is 0 Å². The van der Waals surface area contributed by atoms with E-state index < -0.39 is 5.97 Å². The summed E-state index contributed by atoms with van der Waals surface area (Å²) in [5.74, 6) is 0.163. The third kappa shape index (κ3) is 2.71. The van der Waals surface area contributed by atoms with Gasteiger partial charge in [0.1, 0.15) is 6.04 Å². The van der Waals surface area contributed by atoms with E-state index >= 15 is 0 Å². The molecule has 1 rings (SSSR count). The van der Waals surface area contributed by atoms with Gasteiger partial charge in [-0.25, -0.2) is 0 Å². The molecule has 0 unspecified atom stereocenters. The number of piperidine rings is 1. The molecule has 14 heavy (non-hydrogen) atoms. The normalized spacial score (nSPS) is 26.4. The number of nitrogens with zero attached hydrogens (tertiary/aromatic N) is 1. The molecule has 3 heteroatoms. The van der Waals surface area contributed by atoms with Crippen molar-refractivity contribution < 1.29 is 9.90 Å². The van der Waals surface area contributed by atoms with Crippen molar-refractivity contribution >= 4 is 5.97 Å². The van der Waals surface area contributed by atoms with Crippen LogP contribution in [0.4, 0.5) is 0 Å². The first-order valence-electron chi connectivity index (χ1n) is 5.49. The summed E-state index contributed by atoms with van der Waals surface area (Å²) in [6.07, 6.45) is 2.37. The van der Waals surface area contributed by atoms with Crippen LogP contribution in [0, 0.1) is 11.8 Å². The molecule has 0 radical (unpaired) electrons. The van der Waals surface area contributed by atoms with Gasteiger partial charge in [0.15, 0.2) is 0 Å². The van der Waals surface area contributed by atoms with Gasteiger partial charge in [-0.3, -0.25) is 9.69 Å². The van der Waals surface area contributed by atoms with Gasteiger partial charge in [0.05, 0.1) is 0 Å². The summed E-state index contributed by atoms with van der Waals surface area (Å²) >= 11 is 0. The first-order chi connectivity index (χ1) is 6.52. The lowest BCUT2D eigenvalue weighted by molar-refractivity contribution is -0.145. The minimum atomic E-state index is -0.672. The highest BCUT2D eigenvalue weighted by molar-refractivity contribution is 5.73. The molecular weight excluding hydrogens is 178 g/mol. The Hall–Kier alpha value is -0.570. The molecule has 0 amide bonds. The van der Waals surface area contributed by atoms with Crippen LogP contribution >= 0.6 is 0 Å². The lowest BCUT2D eigenvalue weighted by atomic mass is 9.95. The molecule has 0 spiro atoms. The largest absolute Gasteiger partial charge is 0.480 e. The first-order valence-corrected chi connectivity index (χ1v) is 5.49. The minimum Gasteiger partial charge on any atom is -0.480 e. The van der Waals surface area contributed by atoms with Gasteiger partial charge in [-0.05, 0) is 31.2 Å². The Morgan fingerprint density at radius 1 is 1.50 bits per heavy atom. The maximum absolute atomic E-state index is 11.1. The van der Waals surface area contributed by atoms with Crippen molar-refractivity contribution in [1.82, 2.24) is 4.90 Å². The monoisotopic (exact) mass is 199 g/mol. The molecule has 0 saturated carbocycles. The van der Waals surface area contributed by atoms with Gasteiger partial charge in [-0.15, -0.1) is 0 Å². The second-order valence-electron chi connectivity index (χ2n) is 4.77. The topological polar surface area (TPSA) is 40.5 Å². The van der Waals surface area contributed by atoms with Crippen LogP contribution in [0.15, 0.2) is 0 Å². The van der Waals surface area contributed by atoms with Crippen molar-refractivity contribution in [2.45, 2.75) is 39.7 Å². The molecule has 1 fully saturated rings. The molecule has 1 aliphatic heterocycles. The number of hydrogen-bond donors (Lipinski definition) is 1. The van der Waals surface area contributed by atoms with Gasteiger partial charge in [0.25, 0.3) is 0 Å². The number of carbonyl (C=O) groups is 1. The zero-order valence-corrected chi connectivity index (χ0v) is 9.36. The molecule has 0 bridgehead atoms. The van der Waals surface area contributed by atoms with Crippen LogP contribution in [0.1, 0.15) is 33.6 Å². The summed E-state index contributed by atoms with van der Waals surface area (Å²) in [5, 5.41) is 9.14. The third-order valence-corrected chi connectivity index (χ3v) is 2.97. The van der Waals surface area contributed by atoms with E-state index in [1.54, 1.807) is 0 Å². The standard InChI is InChI=1S/C11H21NO2/c1-8(2)10(11(13)14)12-6-4-5-9(3)7-12/h8-10H,4-7H2,1-3H3,(H,13,14)/t9-,10+/m1/s1. The van der Waals surface area contributed by atoms with Gasteiger partial charge >= 0.3 is 5.97 Å². The van der Waals surface area contributed by atoms with Crippen LogP contribution < -0.4 is 0 Å². The summed E-state index contributed by atoms with van der Waals surface area (Å²) in [6, 6.07) is -0.294. The van der Waals surface area contributed by atoms with Crippen LogP contribution in [0.2, 0.25) is 0 Å². The van der Waals surface area contributed by atoms with E-state index in [2.05, 4.69) is 11.8 Å². The van der Waals surface area contributed by atoms with Crippen molar-refractivity contribution in [2.75, 3.05) is 13.1 Å². The molecule has 1 N–H and O–H groups in total. The van der Waals surface area contributed by atoms with E-state index in [4.69, 9.17) is 5.11 Å². The minimum absolute atomic E-state index is 0.192. The third-order valence-electron chi connectivity index (χ3n) is 2.97. The highest BCUT2D eigenvalue weighted by Crippen LogP contribution is 2.21. The van der Waals surface area contributed by atoms with Gasteiger partial charge in [-0.1, -0.05) is 20.8 Å². The second kappa shape index (κ2) is 4.78. The summed E-state index contributed by atoms with van der Waals surface area (Å²) in [4.78, 5) is 13.2. The summed E-state index contributed by atoms with van der Waals surface area (Å²) in [5.41, 5.74) is 0. The zero-order chi connectivity index (χ0) is 10.7. The highest BCUT2D eigenvalue weighted by Gasteiger charge is 2.31. The number of rotatable bonds is 3. The molecule has 0 aromatic carbocycles. The van der Waals surface area contributed by atoms with E-state index in [-0.39, 0.29) is 12.0 Å². The number of aliphatic carboxylic acids is 1. The fourth-order valence-corrected chi connectivity index (χ4v) is 2.34. The van der Waals surface area contributed by atoms with E-state index in [0.29, 0.717) is 5.92 Å². The van der Waals surface area contributed by atoms with E-state index in [1.807, 2.05) is 13.8 Å². The molecule has 0 aromatic heterocycles. The van der Waals surface area contributed by atoms with Crippen molar-refractivity contribution in [1.29, 1.82) is 0 Å². The SMILES string of the molecule is CC(C)[C@@H](C(=O)O)N1CCC[C@@H](C)C1. The Balaban J connectivity index is 2.63. The zero-order valence-electron chi connectivity index (χ0n) is 9.36. The molecule has 1 aliphatic rings. The van der Waals surface area contributed by atoms with Gasteiger partial charge in [-0.2, -0.15) is 0 Å². The first kappa shape index (κ1) is 11.5. The molecular formula is C11H21NO2. The van der Waals surface area contributed by atoms with Crippen molar-refractivity contribution in [2.24, 2.45) is 11.8 Å². The fourth-order valence-electron chi connectivity index (χ4n) is 2.34. The van der Waals surface area contributed by atoms with Gasteiger partial charge in [0.2, 0.25) is 0 Å². The quantitative estimate of drug-likeness (QED) is 0.754. The van der Waals surface area contributed by atoms with E-state index in [9.17, 15) is 4.79 Å². The summed E-state index contributed by atoms with van der Waals surface area (Å²) in [6.45, 7) is 8.05. The Morgan fingerprint density at radius 2 is 2.14 bits per heavy atom. The highest BCUT2D eigenvalue weighted by atomic mass is 16.4. The summed E-state index contributed by atoms with van der Waals surface area (Å²) < 4.78 is 0. The molecule has 2 atom stereocenters. The van der Waals surface area contributed by atoms with Crippen LogP contribution in [0.25, 0.3) is 0 Å². The summed E-state index contributed by atoms with van der Waals surface area (Å²) in [7, 11) is 0. The number of hydrogen-bond acceptors (Lipinski definition) is 2. The molecule has 0 aliphatic carbocycles. The number of carboxylic acid groups (broad SMARTS) is 1.